The van der Waals surface area contributed by atoms with E-state index in [1.807, 2.05) is 0 Å². The Morgan fingerprint density at radius 2 is 2.06 bits per heavy atom. The molecule has 0 saturated carbocycles. The second-order valence-electron chi connectivity index (χ2n) is 3.35. The Bertz CT molecular complexity index is 379. The summed E-state index contributed by atoms with van der Waals surface area (Å²) in [5.74, 6) is -0.377. The summed E-state index contributed by atoms with van der Waals surface area (Å²) < 4.78 is 28.6. The van der Waals surface area contributed by atoms with Crippen LogP contribution in [-0.2, 0) is 4.74 Å². The molecule has 17 heavy (non-hydrogen) atoms. The lowest BCUT2D eigenvalue weighted by molar-refractivity contribution is 0.112. The second kappa shape index (κ2) is 6.85. The minimum atomic E-state index is -0.612. The summed E-state index contributed by atoms with van der Waals surface area (Å²) in [7, 11) is 2.94. The summed E-state index contributed by atoms with van der Waals surface area (Å²) in [6.07, 6.45) is 1.23. The Morgan fingerprint density at radius 1 is 1.29 bits per heavy atom. The molecule has 1 aromatic rings. The number of halogens is 1. The number of carbonyl (C=O) groups is 1. The molecule has 1 aromatic carbocycles. The number of aldehydes is 1. The zero-order valence-electron chi connectivity index (χ0n) is 9.86. The van der Waals surface area contributed by atoms with E-state index in [0.29, 0.717) is 25.9 Å². The van der Waals surface area contributed by atoms with Crippen molar-refractivity contribution in [2.24, 2.45) is 0 Å². The molecule has 0 aliphatic rings. The molecule has 0 bridgehead atoms. The fraction of sp³-hybridized carbons (Fsp3) is 0.417. The Kier molecular flexibility index (Phi) is 5.42. The van der Waals surface area contributed by atoms with E-state index >= 15 is 0 Å². The maximum absolute atomic E-state index is 13.5. The van der Waals surface area contributed by atoms with Crippen molar-refractivity contribution in [1.29, 1.82) is 0 Å². The van der Waals surface area contributed by atoms with Gasteiger partial charge in [0.2, 0.25) is 0 Å². The third-order valence-electron chi connectivity index (χ3n) is 2.12. The van der Waals surface area contributed by atoms with Crippen molar-refractivity contribution in [3.63, 3.8) is 0 Å². The van der Waals surface area contributed by atoms with Crippen LogP contribution in [0.2, 0.25) is 0 Å². The van der Waals surface area contributed by atoms with Gasteiger partial charge in [-0.2, -0.15) is 0 Å². The predicted molar refractivity (Wildman–Crippen MR) is 60.3 cm³/mol. The zero-order valence-corrected chi connectivity index (χ0v) is 9.86. The molecule has 0 radical (unpaired) electrons. The van der Waals surface area contributed by atoms with Crippen molar-refractivity contribution in [2.75, 3.05) is 27.4 Å². The minimum absolute atomic E-state index is 0.00742. The fourth-order valence-corrected chi connectivity index (χ4v) is 1.35. The Balaban J connectivity index is 2.80. The maximum atomic E-state index is 13.5. The molecule has 0 aromatic heterocycles. The molecular weight excluding hydrogens is 227 g/mol. The zero-order chi connectivity index (χ0) is 12.7. The van der Waals surface area contributed by atoms with Gasteiger partial charge in [-0.05, 0) is 12.1 Å². The van der Waals surface area contributed by atoms with E-state index < -0.39 is 5.82 Å². The van der Waals surface area contributed by atoms with Crippen molar-refractivity contribution in [1.82, 2.24) is 0 Å². The molecule has 0 atom stereocenters. The highest BCUT2D eigenvalue weighted by Gasteiger charge is 2.12. The molecule has 0 spiro atoms. The van der Waals surface area contributed by atoms with Gasteiger partial charge in [0.05, 0.1) is 13.7 Å². The van der Waals surface area contributed by atoms with Crippen LogP contribution in [0.4, 0.5) is 4.39 Å². The van der Waals surface area contributed by atoms with Gasteiger partial charge in [-0.25, -0.2) is 4.39 Å². The SMILES string of the molecule is COCCCOc1cc(C=O)cc(F)c1OC. The Labute approximate surface area is 99.3 Å². The average molecular weight is 242 g/mol. The number of carbonyl (C=O) groups excluding carboxylic acids is 1. The van der Waals surface area contributed by atoms with Crippen LogP contribution in [0.25, 0.3) is 0 Å². The van der Waals surface area contributed by atoms with Gasteiger partial charge in [-0.15, -0.1) is 0 Å². The van der Waals surface area contributed by atoms with E-state index in [-0.39, 0.29) is 17.1 Å². The summed E-state index contributed by atoms with van der Waals surface area (Å²) in [5, 5.41) is 0. The van der Waals surface area contributed by atoms with E-state index in [9.17, 15) is 9.18 Å². The van der Waals surface area contributed by atoms with Crippen molar-refractivity contribution in [3.8, 4) is 11.5 Å². The van der Waals surface area contributed by atoms with Gasteiger partial charge in [0.1, 0.15) is 6.29 Å². The number of hydrogen-bond donors (Lipinski definition) is 0. The summed E-state index contributed by atoms with van der Waals surface area (Å²) in [6.45, 7) is 0.921. The number of benzene rings is 1. The van der Waals surface area contributed by atoms with Gasteiger partial charge in [-0.1, -0.05) is 0 Å². The first-order valence-electron chi connectivity index (χ1n) is 5.17. The van der Waals surface area contributed by atoms with Crippen molar-refractivity contribution in [3.05, 3.63) is 23.5 Å². The third-order valence-corrected chi connectivity index (χ3v) is 2.12. The maximum Gasteiger partial charge on any atom is 0.196 e. The Morgan fingerprint density at radius 3 is 2.65 bits per heavy atom. The molecule has 4 nitrogen and oxygen atoms in total. The second-order valence-corrected chi connectivity index (χ2v) is 3.35. The summed E-state index contributed by atoms with van der Waals surface area (Å²) in [4.78, 5) is 10.6. The van der Waals surface area contributed by atoms with Gasteiger partial charge < -0.3 is 14.2 Å². The molecule has 0 amide bonds. The molecule has 1 rings (SSSR count). The molecule has 0 heterocycles. The van der Waals surface area contributed by atoms with Crippen molar-refractivity contribution >= 4 is 6.29 Å². The van der Waals surface area contributed by atoms with Crippen LogP contribution < -0.4 is 9.47 Å². The Hall–Kier alpha value is -1.62. The third kappa shape index (κ3) is 3.71. The van der Waals surface area contributed by atoms with Crippen LogP contribution in [0.1, 0.15) is 16.8 Å². The molecule has 0 unspecified atom stereocenters. The van der Waals surface area contributed by atoms with E-state index in [2.05, 4.69) is 0 Å². The predicted octanol–water partition coefficient (Wildman–Crippen LogP) is 2.06. The molecule has 0 saturated heterocycles. The monoisotopic (exact) mass is 242 g/mol. The van der Waals surface area contributed by atoms with Crippen LogP contribution in [0, 0.1) is 5.82 Å². The molecule has 0 aliphatic heterocycles. The lowest BCUT2D eigenvalue weighted by atomic mass is 10.2. The van der Waals surface area contributed by atoms with Crippen LogP contribution in [0.5, 0.6) is 11.5 Å². The van der Waals surface area contributed by atoms with Gasteiger partial charge in [0.25, 0.3) is 0 Å². The van der Waals surface area contributed by atoms with Crippen molar-refractivity contribution < 1.29 is 23.4 Å². The van der Waals surface area contributed by atoms with Crippen molar-refractivity contribution in [2.45, 2.75) is 6.42 Å². The first kappa shape index (κ1) is 13.4. The fourth-order valence-electron chi connectivity index (χ4n) is 1.35. The van der Waals surface area contributed by atoms with Crippen LogP contribution in [-0.4, -0.2) is 33.7 Å². The first-order valence-corrected chi connectivity index (χ1v) is 5.17. The van der Waals surface area contributed by atoms with Gasteiger partial charge in [-0.3, -0.25) is 4.79 Å². The van der Waals surface area contributed by atoms with Gasteiger partial charge >= 0.3 is 0 Å². The molecule has 5 heteroatoms. The van der Waals surface area contributed by atoms with Gasteiger partial charge in [0, 0.05) is 25.7 Å². The number of hydrogen-bond acceptors (Lipinski definition) is 4. The van der Waals surface area contributed by atoms with E-state index in [0.717, 1.165) is 6.07 Å². The van der Waals surface area contributed by atoms with Gasteiger partial charge in [0.15, 0.2) is 17.3 Å². The number of rotatable bonds is 7. The van der Waals surface area contributed by atoms with Crippen LogP contribution >= 0.6 is 0 Å². The van der Waals surface area contributed by atoms with Crippen LogP contribution in [0.3, 0.4) is 0 Å². The normalized spacial score (nSPS) is 10.1. The smallest absolute Gasteiger partial charge is 0.196 e. The van der Waals surface area contributed by atoms with E-state index in [4.69, 9.17) is 14.2 Å². The highest BCUT2D eigenvalue weighted by molar-refractivity contribution is 5.76. The largest absolute Gasteiger partial charge is 0.490 e. The molecule has 0 fully saturated rings. The lowest BCUT2D eigenvalue weighted by Gasteiger charge is -2.11. The molecule has 0 aliphatic carbocycles. The highest BCUT2D eigenvalue weighted by Crippen LogP contribution is 2.31. The summed E-state index contributed by atoms with van der Waals surface area (Å²) >= 11 is 0. The standard InChI is InChI=1S/C12H15FO4/c1-15-4-3-5-17-11-7-9(8-14)6-10(13)12(11)16-2/h6-8H,3-5H2,1-2H3. The average Bonchev–Trinajstić information content (AvgIpc) is 2.34. The van der Waals surface area contributed by atoms with E-state index in [1.165, 1.54) is 13.2 Å². The minimum Gasteiger partial charge on any atom is -0.490 e. The molecule has 0 N–H and O–H groups in total. The van der Waals surface area contributed by atoms with E-state index in [1.54, 1.807) is 7.11 Å². The molecular formula is C12H15FO4. The first-order chi connectivity index (χ1) is 8.22. The number of ether oxygens (including phenoxy) is 3. The summed E-state index contributed by atoms with van der Waals surface area (Å²) in [5.41, 5.74) is 0.213. The number of methoxy groups -OCH3 is 2. The quantitative estimate of drug-likeness (QED) is 0.542. The molecule has 94 valence electrons. The van der Waals surface area contributed by atoms with Crippen LogP contribution in [0.15, 0.2) is 12.1 Å². The topological polar surface area (TPSA) is 44.8 Å². The highest BCUT2D eigenvalue weighted by atomic mass is 19.1. The lowest BCUT2D eigenvalue weighted by Crippen LogP contribution is -2.04. The summed E-state index contributed by atoms with van der Waals surface area (Å²) in [6, 6.07) is 2.55.